The lowest BCUT2D eigenvalue weighted by molar-refractivity contribution is -0.131. The van der Waals surface area contributed by atoms with Crippen molar-refractivity contribution in [3.8, 4) is 0 Å². The Morgan fingerprint density at radius 3 is 2.29 bits per heavy atom. The zero-order chi connectivity index (χ0) is 12.7. The molecule has 2 aliphatic carbocycles. The summed E-state index contributed by atoms with van der Waals surface area (Å²) in [5.41, 5.74) is 6.01. The molecule has 3 atom stereocenters. The van der Waals surface area contributed by atoms with E-state index in [0.29, 0.717) is 6.04 Å². The van der Waals surface area contributed by atoms with E-state index in [1.54, 1.807) is 0 Å². The number of rotatable bonds is 2. The zero-order valence-electron chi connectivity index (χ0n) is 11.4. The van der Waals surface area contributed by atoms with Gasteiger partial charge in [-0.3, -0.25) is 4.79 Å². The minimum absolute atomic E-state index is 0.0343. The number of hydrogen-bond acceptors (Lipinski definition) is 2. The highest BCUT2D eigenvalue weighted by Gasteiger charge is 2.45. The van der Waals surface area contributed by atoms with E-state index in [2.05, 4.69) is 19.2 Å². The predicted molar refractivity (Wildman–Crippen MR) is 69.5 cm³/mol. The Kier molecular flexibility index (Phi) is 3.23. The highest BCUT2D eigenvalue weighted by atomic mass is 16.2. The lowest BCUT2D eigenvalue weighted by atomic mass is 9.82. The second-order valence-electron chi connectivity index (χ2n) is 6.82. The first-order valence-electron chi connectivity index (χ1n) is 6.93. The van der Waals surface area contributed by atoms with Crippen LogP contribution in [0.15, 0.2) is 0 Å². The number of carbonyl (C=O) groups excluding carboxylic acids is 1. The van der Waals surface area contributed by atoms with Gasteiger partial charge >= 0.3 is 0 Å². The summed E-state index contributed by atoms with van der Waals surface area (Å²) in [6, 6.07) is 0.367. The van der Waals surface area contributed by atoms with Crippen molar-refractivity contribution in [3.63, 3.8) is 0 Å². The van der Waals surface area contributed by atoms with Crippen LogP contribution in [0.3, 0.4) is 0 Å². The molecule has 3 unspecified atom stereocenters. The average molecular weight is 238 g/mol. The Bertz CT molecular complexity index is 313. The molecule has 0 saturated heterocycles. The van der Waals surface area contributed by atoms with Crippen LogP contribution in [0.4, 0.5) is 0 Å². The summed E-state index contributed by atoms with van der Waals surface area (Å²) in [5, 5.41) is 3.26. The fourth-order valence-electron chi connectivity index (χ4n) is 3.39. The molecule has 3 nitrogen and oxygen atoms in total. The third kappa shape index (κ3) is 2.22. The maximum Gasteiger partial charge on any atom is 0.227 e. The maximum absolute atomic E-state index is 12.4. The van der Waals surface area contributed by atoms with Crippen molar-refractivity contribution in [2.75, 3.05) is 0 Å². The molecule has 17 heavy (non-hydrogen) atoms. The normalized spacial score (nSPS) is 40.5. The Hall–Kier alpha value is -0.570. The van der Waals surface area contributed by atoms with Crippen LogP contribution in [-0.2, 0) is 4.79 Å². The van der Waals surface area contributed by atoms with Crippen LogP contribution in [0.5, 0.6) is 0 Å². The fourth-order valence-corrected chi connectivity index (χ4v) is 3.39. The van der Waals surface area contributed by atoms with E-state index in [4.69, 9.17) is 5.73 Å². The number of nitrogens with one attached hydrogen (secondary N) is 1. The van der Waals surface area contributed by atoms with Crippen molar-refractivity contribution >= 4 is 5.91 Å². The minimum atomic E-state index is -0.335. The van der Waals surface area contributed by atoms with E-state index in [1.165, 1.54) is 12.8 Å². The zero-order valence-corrected chi connectivity index (χ0v) is 11.4. The van der Waals surface area contributed by atoms with Gasteiger partial charge in [-0.05, 0) is 38.0 Å². The first-order valence-corrected chi connectivity index (χ1v) is 6.93. The second kappa shape index (κ2) is 4.27. The number of carbonyl (C=O) groups is 1. The van der Waals surface area contributed by atoms with Gasteiger partial charge in [0.1, 0.15) is 0 Å². The summed E-state index contributed by atoms with van der Waals surface area (Å²) >= 11 is 0. The fraction of sp³-hybridized carbons (Fsp3) is 0.929. The van der Waals surface area contributed by atoms with E-state index in [9.17, 15) is 4.79 Å². The Labute approximate surface area is 105 Å². The quantitative estimate of drug-likeness (QED) is 0.775. The van der Waals surface area contributed by atoms with Gasteiger partial charge in [0.2, 0.25) is 5.91 Å². The first kappa shape index (κ1) is 12.9. The van der Waals surface area contributed by atoms with Gasteiger partial charge in [0.15, 0.2) is 0 Å². The van der Waals surface area contributed by atoms with Gasteiger partial charge in [-0.2, -0.15) is 0 Å². The molecule has 0 spiro atoms. The molecule has 0 radical (unpaired) electrons. The molecule has 0 heterocycles. The molecule has 2 fully saturated rings. The molecular weight excluding hydrogens is 212 g/mol. The number of amides is 1. The van der Waals surface area contributed by atoms with Gasteiger partial charge in [-0.1, -0.05) is 26.7 Å². The van der Waals surface area contributed by atoms with E-state index in [0.717, 1.165) is 25.7 Å². The Morgan fingerprint density at radius 2 is 1.82 bits per heavy atom. The largest absolute Gasteiger partial charge is 0.352 e. The van der Waals surface area contributed by atoms with Crippen molar-refractivity contribution < 1.29 is 4.79 Å². The summed E-state index contributed by atoms with van der Waals surface area (Å²) in [5.74, 6) is 0.183. The molecule has 2 saturated carbocycles. The van der Waals surface area contributed by atoms with Crippen molar-refractivity contribution in [2.45, 2.75) is 71.4 Å². The molecule has 0 bridgehead atoms. The van der Waals surface area contributed by atoms with Gasteiger partial charge in [0, 0.05) is 12.1 Å². The molecule has 0 aliphatic heterocycles. The predicted octanol–water partition coefficient (Wildman–Crippen LogP) is 2.20. The smallest absolute Gasteiger partial charge is 0.227 e. The van der Waals surface area contributed by atoms with Crippen LogP contribution in [0.2, 0.25) is 0 Å². The lowest BCUT2D eigenvalue weighted by Gasteiger charge is -2.33. The summed E-state index contributed by atoms with van der Waals surface area (Å²) in [6.45, 7) is 6.53. The van der Waals surface area contributed by atoms with Crippen molar-refractivity contribution in [1.29, 1.82) is 0 Å². The van der Waals surface area contributed by atoms with Crippen LogP contribution < -0.4 is 11.1 Å². The SMILES string of the molecule is CC1(C)CCCC1NC(=O)C1(C)CCCC1N. The molecule has 0 aromatic heterocycles. The molecule has 0 aromatic rings. The van der Waals surface area contributed by atoms with Gasteiger partial charge in [0.25, 0.3) is 0 Å². The molecule has 0 aromatic carbocycles. The number of hydrogen-bond donors (Lipinski definition) is 2. The monoisotopic (exact) mass is 238 g/mol. The van der Waals surface area contributed by atoms with Crippen LogP contribution in [0, 0.1) is 10.8 Å². The topological polar surface area (TPSA) is 55.1 Å². The summed E-state index contributed by atoms with van der Waals surface area (Å²) in [7, 11) is 0. The van der Waals surface area contributed by atoms with Crippen LogP contribution in [0.1, 0.15) is 59.3 Å². The Balaban J connectivity index is 2.02. The maximum atomic E-state index is 12.4. The van der Waals surface area contributed by atoms with Crippen molar-refractivity contribution in [1.82, 2.24) is 5.32 Å². The summed E-state index contributed by atoms with van der Waals surface area (Å²) in [4.78, 5) is 12.4. The van der Waals surface area contributed by atoms with E-state index in [1.807, 2.05) is 6.92 Å². The Morgan fingerprint density at radius 1 is 1.18 bits per heavy atom. The van der Waals surface area contributed by atoms with Gasteiger partial charge in [-0.25, -0.2) is 0 Å². The average Bonchev–Trinajstić information content (AvgIpc) is 2.73. The highest BCUT2D eigenvalue weighted by molar-refractivity contribution is 5.83. The van der Waals surface area contributed by atoms with Crippen molar-refractivity contribution in [3.05, 3.63) is 0 Å². The van der Waals surface area contributed by atoms with Gasteiger partial charge in [-0.15, -0.1) is 0 Å². The van der Waals surface area contributed by atoms with E-state index >= 15 is 0 Å². The van der Waals surface area contributed by atoms with E-state index < -0.39 is 0 Å². The van der Waals surface area contributed by atoms with Crippen LogP contribution in [0.25, 0.3) is 0 Å². The highest BCUT2D eigenvalue weighted by Crippen LogP contribution is 2.40. The molecular formula is C14H26N2O. The summed E-state index contributed by atoms with van der Waals surface area (Å²) in [6.07, 6.45) is 6.55. The molecule has 98 valence electrons. The van der Waals surface area contributed by atoms with Gasteiger partial charge < -0.3 is 11.1 Å². The molecule has 3 heteroatoms. The first-order chi connectivity index (χ1) is 7.86. The molecule has 2 rings (SSSR count). The minimum Gasteiger partial charge on any atom is -0.352 e. The lowest BCUT2D eigenvalue weighted by Crippen LogP contribution is -2.52. The number of nitrogens with two attached hydrogens (primary N) is 1. The second-order valence-corrected chi connectivity index (χ2v) is 6.82. The van der Waals surface area contributed by atoms with Crippen LogP contribution >= 0.6 is 0 Å². The molecule has 1 amide bonds. The van der Waals surface area contributed by atoms with Crippen LogP contribution in [-0.4, -0.2) is 18.0 Å². The third-order valence-electron chi connectivity index (χ3n) is 5.11. The van der Waals surface area contributed by atoms with E-state index in [-0.39, 0.29) is 22.8 Å². The summed E-state index contributed by atoms with van der Waals surface area (Å²) < 4.78 is 0. The third-order valence-corrected chi connectivity index (χ3v) is 5.11. The van der Waals surface area contributed by atoms with Gasteiger partial charge in [0.05, 0.1) is 5.41 Å². The standard InChI is InChI=1S/C14H26N2O/c1-13(2)8-5-7-11(13)16-12(17)14(3)9-4-6-10(14)15/h10-11H,4-9,15H2,1-3H3,(H,16,17). The van der Waals surface area contributed by atoms with Crippen molar-refractivity contribution in [2.24, 2.45) is 16.6 Å². The molecule has 2 aliphatic rings. The molecule has 3 N–H and O–H groups in total.